The molecule has 1 amide bonds. The van der Waals surface area contributed by atoms with Gasteiger partial charge in [-0.3, -0.25) is 9.69 Å². The summed E-state index contributed by atoms with van der Waals surface area (Å²) in [6.45, 7) is 4.94. The molecule has 0 radical (unpaired) electrons. The molecule has 0 aromatic rings. The van der Waals surface area contributed by atoms with Crippen LogP contribution in [0.4, 0.5) is 4.79 Å². The van der Waals surface area contributed by atoms with E-state index < -0.39 is 23.7 Å². The lowest BCUT2D eigenvalue weighted by Gasteiger charge is -2.27. The van der Waals surface area contributed by atoms with Gasteiger partial charge in [-0.05, 0) is 20.8 Å². The molecule has 118 valence electrons. The summed E-state index contributed by atoms with van der Waals surface area (Å²) < 4.78 is 9.94. The molecule has 7 heteroatoms. The molecule has 0 unspecified atom stereocenters. The fraction of sp³-hybridized carbons (Fsp3) is 0.643. The Hall–Kier alpha value is -2.05. The molecule has 1 atom stereocenters. The number of carbonyl (C=O) groups excluding carboxylic acids is 3. The van der Waals surface area contributed by atoms with Crippen molar-refractivity contribution in [2.75, 3.05) is 27.7 Å². The maximum absolute atomic E-state index is 12.2. The van der Waals surface area contributed by atoms with Gasteiger partial charge in [0.15, 0.2) is 11.8 Å². The Kier molecular flexibility index (Phi) is 4.98. The highest BCUT2D eigenvalue weighted by molar-refractivity contribution is 6.09. The van der Waals surface area contributed by atoms with Crippen LogP contribution in [0.3, 0.4) is 0 Å². The zero-order valence-corrected chi connectivity index (χ0v) is 13.3. The van der Waals surface area contributed by atoms with E-state index >= 15 is 0 Å². The Morgan fingerprint density at radius 2 is 1.90 bits per heavy atom. The first-order chi connectivity index (χ1) is 9.56. The molecular weight excluding hydrogens is 276 g/mol. The molecule has 0 spiro atoms. The average molecular weight is 298 g/mol. The van der Waals surface area contributed by atoms with Crippen LogP contribution < -0.4 is 0 Å². The molecule has 1 rings (SSSR count). The number of hydrogen-bond donors (Lipinski definition) is 0. The van der Waals surface area contributed by atoms with Gasteiger partial charge in [-0.2, -0.15) is 0 Å². The van der Waals surface area contributed by atoms with Crippen molar-refractivity contribution in [1.29, 1.82) is 0 Å². The average Bonchev–Trinajstić information content (AvgIpc) is 2.63. The normalized spacial score (nSPS) is 20.7. The van der Waals surface area contributed by atoms with Crippen LogP contribution in [0.5, 0.6) is 0 Å². The quantitative estimate of drug-likeness (QED) is 0.554. The topological polar surface area (TPSA) is 76.2 Å². The number of Topliss-reactive ketones (excluding diaryl/α,β-unsaturated/α-hetero) is 1. The van der Waals surface area contributed by atoms with Crippen LogP contribution in [-0.2, 0) is 19.1 Å². The maximum atomic E-state index is 12.2. The maximum Gasteiger partial charge on any atom is 0.411 e. The summed E-state index contributed by atoms with van der Waals surface area (Å²) in [6.07, 6.45) is 0.808. The minimum absolute atomic E-state index is 0.200. The zero-order chi connectivity index (χ0) is 16.4. The van der Waals surface area contributed by atoms with Gasteiger partial charge in [0.2, 0.25) is 0 Å². The van der Waals surface area contributed by atoms with Gasteiger partial charge < -0.3 is 14.4 Å². The van der Waals surface area contributed by atoms with E-state index in [1.54, 1.807) is 39.8 Å². The Morgan fingerprint density at radius 1 is 1.33 bits per heavy atom. The van der Waals surface area contributed by atoms with Crippen molar-refractivity contribution >= 4 is 17.8 Å². The molecule has 0 aliphatic carbocycles. The highest BCUT2D eigenvalue weighted by Crippen LogP contribution is 2.24. The van der Waals surface area contributed by atoms with Gasteiger partial charge in [-0.15, -0.1) is 0 Å². The molecule has 0 bridgehead atoms. The van der Waals surface area contributed by atoms with Crippen molar-refractivity contribution in [3.05, 3.63) is 11.8 Å². The number of methoxy groups -OCH3 is 1. The van der Waals surface area contributed by atoms with Crippen LogP contribution >= 0.6 is 0 Å². The van der Waals surface area contributed by atoms with Crippen LogP contribution in [0.1, 0.15) is 20.8 Å². The second kappa shape index (κ2) is 6.15. The van der Waals surface area contributed by atoms with E-state index in [1.165, 1.54) is 13.3 Å². The Bertz CT molecular complexity index is 476. The molecule has 0 saturated carbocycles. The predicted octanol–water partition coefficient (Wildman–Crippen LogP) is 0.793. The molecule has 1 heterocycles. The van der Waals surface area contributed by atoms with Crippen molar-refractivity contribution in [1.82, 2.24) is 9.80 Å². The third kappa shape index (κ3) is 4.21. The van der Waals surface area contributed by atoms with Gasteiger partial charge in [0.1, 0.15) is 5.60 Å². The van der Waals surface area contributed by atoms with Crippen molar-refractivity contribution in [3.8, 4) is 0 Å². The predicted molar refractivity (Wildman–Crippen MR) is 75.5 cm³/mol. The largest absolute Gasteiger partial charge is 0.467 e. The molecule has 0 aromatic carbocycles. The molecule has 1 aliphatic rings. The highest BCUT2D eigenvalue weighted by Gasteiger charge is 2.45. The minimum atomic E-state index is -1.07. The van der Waals surface area contributed by atoms with E-state index in [0.717, 1.165) is 4.90 Å². The van der Waals surface area contributed by atoms with E-state index in [2.05, 4.69) is 0 Å². The number of likely N-dealkylation sites (tertiary alicyclic amines) is 1. The Labute approximate surface area is 124 Å². The zero-order valence-electron chi connectivity index (χ0n) is 13.3. The lowest BCUT2D eigenvalue weighted by molar-refractivity contribution is -0.144. The minimum Gasteiger partial charge on any atom is -0.467 e. The van der Waals surface area contributed by atoms with Gasteiger partial charge in [0.25, 0.3) is 0 Å². The van der Waals surface area contributed by atoms with Gasteiger partial charge in [-0.25, -0.2) is 9.59 Å². The number of amides is 1. The van der Waals surface area contributed by atoms with E-state index in [9.17, 15) is 14.4 Å². The lowest BCUT2D eigenvalue weighted by Crippen LogP contribution is -2.44. The molecule has 0 aromatic heterocycles. The molecule has 0 N–H and O–H groups in total. The summed E-state index contributed by atoms with van der Waals surface area (Å²) in [5, 5.41) is 0. The van der Waals surface area contributed by atoms with Gasteiger partial charge >= 0.3 is 12.1 Å². The number of esters is 1. The van der Waals surface area contributed by atoms with Crippen molar-refractivity contribution in [2.24, 2.45) is 0 Å². The monoisotopic (exact) mass is 298 g/mol. The van der Waals surface area contributed by atoms with Crippen molar-refractivity contribution in [3.63, 3.8) is 0 Å². The van der Waals surface area contributed by atoms with E-state index in [-0.39, 0.29) is 17.9 Å². The summed E-state index contributed by atoms with van der Waals surface area (Å²) in [7, 11) is 4.67. The van der Waals surface area contributed by atoms with Crippen molar-refractivity contribution in [2.45, 2.75) is 32.4 Å². The van der Waals surface area contributed by atoms with E-state index in [4.69, 9.17) is 9.47 Å². The third-order valence-electron chi connectivity index (χ3n) is 2.69. The molecule has 21 heavy (non-hydrogen) atoms. The summed E-state index contributed by atoms with van der Waals surface area (Å²) in [6, 6.07) is -1.07. The van der Waals surface area contributed by atoms with Crippen molar-refractivity contribution < 1.29 is 23.9 Å². The van der Waals surface area contributed by atoms with E-state index in [0.29, 0.717) is 0 Å². The first-order valence-electron chi connectivity index (χ1n) is 6.55. The van der Waals surface area contributed by atoms with Crippen LogP contribution in [0.25, 0.3) is 0 Å². The molecular formula is C14H22N2O5. The number of carbonyl (C=O) groups is 3. The summed E-state index contributed by atoms with van der Waals surface area (Å²) in [5.74, 6) is -0.968. The number of ketones is 1. The standard InChI is InChI=1S/C14H22N2O5/c1-14(2,3)21-13(19)16-8-10(17)9(7-15(4)5)11(16)12(18)20-6/h7,11H,8H2,1-6H3/b9-7-/t11-/m1/s1. The fourth-order valence-electron chi connectivity index (χ4n) is 1.93. The number of hydrogen-bond acceptors (Lipinski definition) is 6. The Morgan fingerprint density at radius 3 is 2.33 bits per heavy atom. The molecule has 1 fully saturated rings. The van der Waals surface area contributed by atoms with Gasteiger partial charge in [-0.1, -0.05) is 0 Å². The smallest absolute Gasteiger partial charge is 0.411 e. The third-order valence-corrected chi connectivity index (χ3v) is 2.69. The van der Waals surface area contributed by atoms with Crippen LogP contribution in [0.2, 0.25) is 0 Å². The number of nitrogens with zero attached hydrogens (tertiary/aromatic N) is 2. The molecule has 7 nitrogen and oxygen atoms in total. The number of ether oxygens (including phenoxy) is 2. The molecule has 1 aliphatic heterocycles. The molecule has 1 saturated heterocycles. The number of rotatable bonds is 2. The first-order valence-corrected chi connectivity index (χ1v) is 6.55. The van der Waals surface area contributed by atoms with E-state index in [1.807, 2.05) is 0 Å². The second-order valence-corrected chi connectivity index (χ2v) is 6.01. The summed E-state index contributed by atoms with van der Waals surface area (Å²) in [4.78, 5) is 38.9. The van der Waals surface area contributed by atoms with Crippen LogP contribution in [-0.4, -0.2) is 67.0 Å². The fourth-order valence-corrected chi connectivity index (χ4v) is 1.93. The van der Waals surface area contributed by atoms with Crippen LogP contribution in [0, 0.1) is 0 Å². The summed E-state index contributed by atoms with van der Waals surface area (Å²) in [5.41, 5.74) is -0.493. The second-order valence-electron chi connectivity index (χ2n) is 6.01. The highest BCUT2D eigenvalue weighted by atomic mass is 16.6. The van der Waals surface area contributed by atoms with Gasteiger partial charge in [0.05, 0.1) is 13.7 Å². The summed E-state index contributed by atoms with van der Waals surface area (Å²) >= 11 is 0. The van der Waals surface area contributed by atoms with Gasteiger partial charge in [0, 0.05) is 25.9 Å². The Balaban J connectivity index is 3.12. The van der Waals surface area contributed by atoms with Crippen LogP contribution in [0.15, 0.2) is 11.8 Å². The first kappa shape index (κ1) is 17.0. The lowest BCUT2D eigenvalue weighted by atomic mass is 10.1. The SMILES string of the molecule is COC(=O)[C@H]1/C(=C\N(C)C)C(=O)CN1C(=O)OC(C)(C)C.